The molecule has 1 aromatic heterocycles. The number of nitrogens with two attached hydrogens (primary N) is 1. The fraction of sp³-hybridized carbons (Fsp3) is 0.478. The number of carbonyl (C=O) groups excluding carboxylic acids is 1. The lowest BCUT2D eigenvalue weighted by Gasteiger charge is -2.61. The number of fused-ring (bicyclic) bond motifs is 3. The molecule has 1 aromatic carbocycles. The molecular weight excluding hydrogens is 400 g/mol. The fourth-order valence-corrected chi connectivity index (χ4v) is 4.95. The average molecular weight is 426 g/mol. The topological polar surface area (TPSA) is 106 Å². The number of benzene rings is 1. The van der Waals surface area contributed by atoms with Crippen LogP contribution in [0.4, 0.5) is 0 Å². The molecule has 3 aliphatic rings. The molecule has 0 saturated carbocycles. The summed E-state index contributed by atoms with van der Waals surface area (Å²) in [6.07, 6.45) is 0.191. The number of ketones is 1. The highest BCUT2D eigenvalue weighted by molar-refractivity contribution is 5.95. The second kappa shape index (κ2) is 6.83. The summed E-state index contributed by atoms with van der Waals surface area (Å²) >= 11 is 0. The highest BCUT2D eigenvalue weighted by Crippen LogP contribution is 2.62. The van der Waals surface area contributed by atoms with E-state index >= 15 is 0 Å². The van der Waals surface area contributed by atoms with Crippen LogP contribution in [0.15, 0.2) is 39.7 Å². The Morgan fingerprint density at radius 2 is 2.00 bits per heavy atom. The van der Waals surface area contributed by atoms with Gasteiger partial charge in [-0.2, -0.15) is 0 Å². The molecule has 2 aromatic rings. The molecule has 5 rings (SSSR count). The van der Waals surface area contributed by atoms with Crippen LogP contribution in [0.3, 0.4) is 0 Å². The van der Waals surface area contributed by atoms with E-state index in [2.05, 4.69) is 13.8 Å². The van der Waals surface area contributed by atoms with Crippen molar-refractivity contribution in [3.8, 4) is 5.75 Å². The molecule has 2 N–H and O–H groups in total. The Morgan fingerprint density at radius 3 is 2.65 bits per heavy atom. The van der Waals surface area contributed by atoms with Crippen LogP contribution in [0, 0.1) is 5.41 Å². The predicted molar refractivity (Wildman–Crippen MR) is 111 cm³/mol. The Bertz CT molecular complexity index is 1070. The average Bonchev–Trinajstić information content (AvgIpc) is 3.29. The molecule has 3 aliphatic heterocycles. The number of hydrogen-bond donors (Lipinski definition) is 1. The monoisotopic (exact) mass is 426 g/mol. The van der Waals surface area contributed by atoms with Crippen molar-refractivity contribution in [2.45, 2.75) is 38.0 Å². The van der Waals surface area contributed by atoms with Crippen LogP contribution >= 0.6 is 0 Å². The third-order valence-electron chi connectivity index (χ3n) is 6.81. The number of amidine groups is 1. The van der Waals surface area contributed by atoms with Gasteiger partial charge in [-0.05, 0) is 43.7 Å². The summed E-state index contributed by atoms with van der Waals surface area (Å²) in [5.74, 6) is 1.54. The summed E-state index contributed by atoms with van der Waals surface area (Å²) in [6, 6.07) is 9.37. The van der Waals surface area contributed by atoms with E-state index in [1.165, 1.54) is 0 Å². The quantitative estimate of drug-likeness (QED) is 0.733. The first kappa shape index (κ1) is 20.1. The van der Waals surface area contributed by atoms with Crippen molar-refractivity contribution in [2.24, 2.45) is 16.1 Å². The maximum Gasteiger partial charge on any atom is 0.283 e. The zero-order valence-electron chi connectivity index (χ0n) is 17.9. The minimum absolute atomic E-state index is 0.110. The van der Waals surface area contributed by atoms with Gasteiger partial charge in [0.15, 0.2) is 5.76 Å². The number of rotatable bonds is 5. The number of methoxy groups -OCH3 is 1. The van der Waals surface area contributed by atoms with Crippen LogP contribution in [0.5, 0.6) is 5.75 Å². The van der Waals surface area contributed by atoms with Crippen LogP contribution in [0.2, 0.25) is 0 Å². The van der Waals surface area contributed by atoms with Crippen LogP contribution in [-0.4, -0.2) is 44.3 Å². The van der Waals surface area contributed by atoms with Crippen molar-refractivity contribution < 1.29 is 28.2 Å². The fourth-order valence-electron chi connectivity index (χ4n) is 4.95. The number of hydrogen-bond acceptors (Lipinski definition) is 8. The maximum absolute atomic E-state index is 12.8. The highest BCUT2D eigenvalue weighted by Gasteiger charge is 2.71. The molecule has 0 bridgehead atoms. The van der Waals surface area contributed by atoms with E-state index < -0.39 is 16.6 Å². The second-order valence-electron chi connectivity index (χ2n) is 8.92. The lowest BCUT2D eigenvalue weighted by molar-refractivity contribution is -0.247. The molecule has 0 aliphatic carbocycles. The van der Waals surface area contributed by atoms with Crippen molar-refractivity contribution in [2.75, 3.05) is 26.9 Å². The Hall–Kier alpha value is -2.84. The third kappa shape index (κ3) is 2.81. The number of ether oxygens (including phenoxy) is 4. The molecule has 1 unspecified atom stereocenters. The lowest BCUT2D eigenvalue weighted by atomic mass is 9.55. The van der Waals surface area contributed by atoms with Gasteiger partial charge in [-0.3, -0.25) is 4.79 Å². The van der Waals surface area contributed by atoms with Gasteiger partial charge >= 0.3 is 0 Å². The van der Waals surface area contributed by atoms with Gasteiger partial charge in [0.1, 0.15) is 35.9 Å². The van der Waals surface area contributed by atoms with Gasteiger partial charge in [0.2, 0.25) is 5.78 Å². The molecular formula is C23H26N2O6. The molecule has 0 amide bonds. The summed E-state index contributed by atoms with van der Waals surface area (Å²) in [5, 5.41) is 0. The van der Waals surface area contributed by atoms with Crippen LogP contribution in [0.1, 0.15) is 41.3 Å². The van der Waals surface area contributed by atoms with Gasteiger partial charge in [-0.25, -0.2) is 4.99 Å². The van der Waals surface area contributed by atoms with Gasteiger partial charge < -0.3 is 29.1 Å². The Morgan fingerprint density at radius 1 is 1.19 bits per heavy atom. The first-order chi connectivity index (χ1) is 14.8. The van der Waals surface area contributed by atoms with E-state index in [9.17, 15) is 4.79 Å². The molecule has 0 radical (unpaired) electrons. The summed E-state index contributed by atoms with van der Waals surface area (Å²) in [6.45, 7) is 5.74. The zero-order valence-corrected chi connectivity index (χ0v) is 17.9. The molecule has 8 nitrogen and oxygen atoms in total. The smallest absolute Gasteiger partial charge is 0.283 e. The molecule has 2 spiro atoms. The van der Waals surface area contributed by atoms with E-state index in [1.54, 1.807) is 19.2 Å². The molecule has 164 valence electrons. The van der Waals surface area contributed by atoms with Gasteiger partial charge in [0, 0.05) is 19.1 Å². The highest BCUT2D eigenvalue weighted by atomic mass is 16.5. The van der Waals surface area contributed by atoms with Gasteiger partial charge in [-0.1, -0.05) is 6.07 Å². The van der Waals surface area contributed by atoms with E-state index in [-0.39, 0.29) is 18.2 Å². The number of carbonyl (C=O) groups is 1. The van der Waals surface area contributed by atoms with Gasteiger partial charge in [0.25, 0.3) is 6.02 Å². The van der Waals surface area contributed by atoms with E-state index in [0.29, 0.717) is 37.9 Å². The van der Waals surface area contributed by atoms with Crippen LogP contribution in [-0.2, 0) is 32.8 Å². The first-order valence-corrected chi connectivity index (χ1v) is 10.3. The van der Waals surface area contributed by atoms with Gasteiger partial charge in [0.05, 0.1) is 18.6 Å². The SMILES string of the molecule is COCc1ccc(C(=O)Cc2ccc3c(c2)C2(COC(N)=N2)C2(COC2)C(C)(C)O3)o1. The van der Waals surface area contributed by atoms with Crippen LogP contribution < -0.4 is 10.5 Å². The molecule has 1 atom stereocenters. The minimum Gasteiger partial charge on any atom is -0.487 e. The molecule has 4 heterocycles. The first-order valence-electron chi connectivity index (χ1n) is 10.3. The summed E-state index contributed by atoms with van der Waals surface area (Å²) in [5.41, 5.74) is 6.03. The summed E-state index contributed by atoms with van der Waals surface area (Å²) in [7, 11) is 1.58. The minimum atomic E-state index is -0.720. The molecule has 1 saturated heterocycles. The number of nitrogens with zero attached hydrogens (tertiary/aromatic N) is 1. The Labute approximate surface area is 180 Å². The maximum atomic E-state index is 12.8. The van der Waals surface area contributed by atoms with Crippen molar-refractivity contribution in [1.29, 1.82) is 0 Å². The van der Waals surface area contributed by atoms with Crippen molar-refractivity contribution in [1.82, 2.24) is 0 Å². The van der Waals surface area contributed by atoms with Crippen LogP contribution in [0.25, 0.3) is 0 Å². The predicted octanol–water partition coefficient (Wildman–Crippen LogP) is 2.58. The number of Topliss-reactive ketones (excluding diaryl/α,β-unsaturated/α-hetero) is 1. The molecule has 31 heavy (non-hydrogen) atoms. The number of furan rings is 1. The number of aliphatic imine (C=N–C) groups is 1. The standard InChI is InChI=1S/C23H26N2O6/c1-21(2)22(11-28-12-22)23(13-29-20(24)25-23)16-8-14(4-6-18(16)31-21)9-17(26)19-7-5-15(30-19)10-27-3/h4-8H,9-13H2,1-3H3,(H2,24,25). The van der Waals surface area contributed by atoms with Crippen molar-refractivity contribution in [3.05, 3.63) is 53.0 Å². The van der Waals surface area contributed by atoms with E-state index in [0.717, 1.165) is 16.9 Å². The molecule has 8 heteroatoms. The lowest BCUT2D eigenvalue weighted by Crippen LogP contribution is -2.71. The second-order valence-corrected chi connectivity index (χ2v) is 8.92. The zero-order chi connectivity index (χ0) is 21.9. The molecule has 1 fully saturated rings. The summed E-state index contributed by atoms with van der Waals surface area (Å²) in [4.78, 5) is 17.6. The third-order valence-corrected chi connectivity index (χ3v) is 6.81. The van der Waals surface area contributed by atoms with Crippen molar-refractivity contribution in [3.63, 3.8) is 0 Å². The summed E-state index contributed by atoms with van der Waals surface area (Å²) < 4.78 is 28.4. The van der Waals surface area contributed by atoms with Crippen molar-refractivity contribution >= 4 is 11.8 Å². The Kier molecular flexibility index (Phi) is 4.43. The normalized spacial score (nSPS) is 24.8. The Balaban J connectivity index is 1.52. The largest absolute Gasteiger partial charge is 0.487 e. The van der Waals surface area contributed by atoms with E-state index in [1.807, 2.05) is 18.2 Å². The van der Waals surface area contributed by atoms with E-state index in [4.69, 9.17) is 34.1 Å². The van der Waals surface area contributed by atoms with Gasteiger partial charge in [-0.15, -0.1) is 0 Å².